The van der Waals surface area contributed by atoms with Gasteiger partial charge in [-0.05, 0) is 29.1 Å². The predicted octanol–water partition coefficient (Wildman–Crippen LogP) is 4.52. The second-order valence-corrected chi connectivity index (χ2v) is 20.6. The van der Waals surface area contributed by atoms with Crippen molar-refractivity contribution in [2.45, 2.75) is 102 Å². The Morgan fingerprint density at radius 2 is 1.67 bits per heavy atom. The minimum atomic E-state index is -2.66. The number of terminal acetylenes is 1. The van der Waals surface area contributed by atoms with Crippen molar-refractivity contribution >= 4 is 16.9 Å². The van der Waals surface area contributed by atoms with Gasteiger partial charge in [-0.25, -0.2) is 4.79 Å². The Labute approximate surface area is 199 Å². The highest BCUT2D eigenvalue weighted by Gasteiger charge is 2.70. The maximum absolute atomic E-state index is 12.7. The molecular formula is C24H40N2O5Si2. The highest BCUT2D eigenvalue weighted by molar-refractivity contribution is 6.88. The Morgan fingerprint density at radius 3 is 2.12 bits per heavy atom. The Hall–Kier alpha value is -1.45. The molecule has 9 heteroatoms. The Morgan fingerprint density at radius 1 is 1.09 bits per heavy atom. The fraction of sp³-hybridized carbons (Fsp3) is 0.750. The van der Waals surface area contributed by atoms with E-state index in [2.05, 4.69) is 66.3 Å². The van der Waals surface area contributed by atoms with Crippen LogP contribution in [0.25, 0.3) is 0 Å². The molecule has 2 aliphatic rings. The second-order valence-electron chi connectivity index (χ2n) is 11.1. The van der Waals surface area contributed by atoms with Gasteiger partial charge in [0.25, 0.3) is 5.56 Å². The summed E-state index contributed by atoms with van der Waals surface area (Å²) in [4.78, 5) is 26.8. The second kappa shape index (κ2) is 8.97. The van der Waals surface area contributed by atoms with Gasteiger partial charge in [0.1, 0.15) is 0 Å². The minimum Gasteiger partial charge on any atom is -0.434 e. The molecule has 33 heavy (non-hydrogen) atoms. The van der Waals surface area contributed by atoms with Gasteiger partial charge in [-0.3, -0.25) is 14.3 Å². The van der Waals surface area contributed by atoms with E-state index in [1.807, 2.05) is 6.92 Å². The van der Waals surface area contributed by atoms with Gasteiger partial charge in [0, 0.05) is 17.8 Å². The largest absolute Gasteiger partial charge is 0.434 e. The molecule has 3 rings (SSSR count). The molecule has 1 N–H and O–H groups in total. The number of fused-ring (bicyclic) bond motifs is 1. The molecule has 0 aliphatic carbocycles. The number of ether oxygens (including phenoxy) is 1. The molecule has 0 aromatic carbocycles. The summed E-state index contributed by atoms with van der Waals surface area (Å²) in [6, 6.07) is 1.33. The van der Waals surface area contributed by atoms with E-state index >= 15 is 0 Å². The minimum absolute atomic E-state index is 0.0781. The maximum atomic E-state index is 12.7. The first-order valence-electron chi connectivity index (χ1n) is 12.1. The first-order valence-corrected chi connectivity index (χ1v) is 16.2. The van der Waals surface area contributed by atoms with Crippen molar-refractivity contribution in [3.05, 3.63) is 33.1 Å². The van der Waals surface area contributed by atoms with Crippen LogP contribution in [0.1, 0.15) is 68.5 Å². The van der Waals surface area contributed by atoms with Crippen LogP contribution in [-0.2, 0) is 13.3 Å². The van der Waals surface area contributed by atoms with Gasteiger partial charge in [-0.2, -0.15) is 0 Å². The molecule has 2 aliphatic heterocycles. The Balaban J connectivity index is 2.27. The van der Waals surface area contributed by atoms with Crippen molar-refractivity contribution in [3.8, 4) is 12.3 Å². The molecule has 0 spiro atoms. The number of hydrogen-bond donors (Lipinski definition) is 1. The van der Waals surface area contributed by atoms with Crippen molar-refractivity contribution in [2.75, 3.05) is 6.61 Å². The van der Waals surface area contributed by atoms with E-state index in [4.69, 9.17) is 19.7 Å². The van der Waals surface area contributed by atoms with Gasteiger partial charge < -0.3 is 13.3 Å². The van der Waals surface area contributed by atoms with Crippen molar-refractivity contribution < 1.29 is 13.3 Å². The molecule has 0 bridgehead atoms. The van der Waals surface area contributed by atoms with Crippen LogP contribution < -0.4 is 11.2 Å². The number of aromatic nitrogens is 2. The zero-order valence-corrected chi connectivity index (χ0v) is 23.5. The molecule has 0 saturated carbocycles. The van der Waals surface area contributed by atoms with Crippen molar-refractivity contribution in [1.82, 2.24) is 9.55 Å². The lowest BCUT2D eigenvalue weighted by atomic mass is 9.85. The first-order chi connectivity index (χ1) is 15.3. The summed E-state index contributed by atoms with van der Waals surface area (Å²) in [5.41, 5.74) is -0.791. The highest BCUT2D eigenvalue weighted by atomic mass is 28.4. The summed E-state index contributed by atoms with van der Waals surface area (Å²) in [5, 5.41) is 0. The number of H-pyrrole nitrogens is 1. The molecule has 1 aromatic rings. The van der Waals surface area contributed by atoms with Crippen LogP contribution in [0, 0.1) is 17.8 Å². The van der Waals surface area contributed by atoms with Crippen LogP contribution in [0.3, 0.4) is 0 Å². The normalized spacial score (nSPS) is 31.1. The molecule has 0 unspecified atom stereocenters. The van der Waals surface area contributed by atoms with Crippen LogP contribution in [0.15, 0.2) is 21.9 Å². The lowest BCUT2D eigenvalue weighted by Crippen LogP contribution is -2.62. The average Bonchev–Trinajstić information content (AvgIpc) is 2.90. The fourth-order valence-corrected chi connectivity index (χ4v) is 20.2. The molecule has 0 amide bonds. The van der Waals surface area contributed by atoms with E-state index in [0.29, 0.717) is 6.61 Å². The van der Waals surface area contributed by atoms with Crippen molar-refractivity contribution in [1.29, 1.82) is 0 Å². The fourth-order valence-electron chi connectivity index (χ4n) is 6.39. The van der Waals surface area contributed by atoms with Crippen LogP contribution >= 0.6 is 0 Å². The Bertz CT molecular complexity index is 1010. The van der Waals surface area contributed by atoms with E-state index in [-0.39, 0.29) is 33.8 Å². The van der Waals surface area contributed by atoms with E-state index in [1.54, 1.807) is 0 Å². The molecule has 7 nitrogen and oxygen atoms in total. The molecule has 2 fully saturated rings. The zero-order chi connectivity index (χ0) is 24.9. The van der Waals surface area contributed by atoms with Gasteiger partial charge in [-0.15, -0.1) is 6.42 Å². The SMILES string of the molecule is C#C[C@]1(C)[C@H]2[C@@H](CO[Si](C(C)C)(C(C)C)O[Si]2(C(C)C)C(C)C)O[C@H]1n1ccc(=O)[nH]c1=O. The van der Waals surface area contributed by atoms with Gasteiger partial charge in [0.15, 0.2) is 14.5 Å². The van der Waals surface area contributed by atoms with Gasteiger partial charge in [0.05, 0.1) is 18.1 Å². The summed E-state index contributed by atoms with van der Waals surface area (Å²) in [6.45, 7) is 20.2. The van der Waals surface area contributed by atoms with Crippen LogP contribution in [0.4, 0.5) is 0 Å². The lowest BCUT2D eigenvalue weighted by Gasteiger charge is -2.52. The quantitative estimate of drug-likeness (QED) is 0.483. The number of nitrogens with zero attached hydrogens (tertiary/aromatic N) is 1. The summed E-state index contributed by atoms with van der Waals surface area (Å²) in [7, 11) is -5.27. The monoisotopic (exact) mass is 492 g/mol. The summed E-state index contributed by atoms with van der Waals surface area (Å²) >= 11 is 0. The summed E-state index contributed by atoms with van der Waals surface area (Å²) in [6.07, 6.45) is 6.73. The number of rotatable bonds is 5. The topological polar surface area (TPSA) is 82.6 Å². The molecule has 3 heterocycles. The number of aromatic amines is 1. The smallest absolute Gasteiger partial charge is 0.333 e. The van der Waals surface area contributed by atoms with Gasteiger partial charge in [0.2, 0.25) is 0 Å². The van der Waals surface area contributed by atoms with Crippen molar-refractivity contribution in [2.24, 2.45) is 5.41 Å². The van der Waals surface area contributed by atoms with Crippen LogP contribution in [0.2, 0.25) is 27.7 Å². The maximum Gasteiger partial charge on any atom is 0.333 e. The third kappa shape index (κ3) is 3.84. The van der Waals surface area contributed by atoms with E-state index in [1.165, 1.54) is 16.8 Å². The molecule has 184 valence electrons. The molecule has 1 aromatic heterocycles. The van der Waals surface area contributed by atoms with Crippen LogP contribution in [0.5, 0.6) is 0 Å². The number of hydrogen-bond acceptors (Lipinski definition) is 5. The molecule has 4 atom stereocenters. The average molecular weight is 493 g/mol. The third-order valence-electron chi connectivity index (χ3n) is 7.96. The molecule has 0 radical (unpaired) electrons. The molecule has 2 saturated heterocycles. The number of nitrogens with one attached hydrogen (secondary N) is 1. The third-order valence-corrected chi connectivity index (χ3v) is 20.0. The zero-order valence-electron chi connectivity index (χ0n) is 21.5. The standard InChI is InChI=1S/C24H40N2O5Si2/c1-11-24(10)21-19(30-22(24)26-13-12-20(27)25-23(26)28)14-29-33(17(6)7,18(8)9)31-32(21,15(2)3)16(4)5/h1,12-13,15-19,21-22H,14H2,2-10H3,(H,25,27,28)/t19-,21-,22-,24-/m1/s1. The highest BCUT2D eigenvalue weighted by Crippen LogP contribution is 2.64. The lowest BCUT2D eigenvalue weighted by molar-refractivity contribution is -0.0420. The van der Waals surface area contributed by atoms with E-state index < -0.39 is 39.8 Å². The van der Waals surface area contributed by atoms with Gasteiger partial charge >= 0.3 is 14.3 Å². The summed E-state index contributed by atoms with van der Waals surface area (Å²) < 4.78 is 22.3. The molecular weight excluding hydrogens is 452 g/mol. The first kappa shape index (κ1) is 26.2. The Kier molecular flexibility index (Phi) is 7.11. The van der Waals surface area contributed by atoms with E-state index in [0.717, 1.165) is 0 Å². The summed E-state index contributed by atoms with van der Waals surface area (Å²) in [5.74, 6) is 3.05. The predicted molar refractivity (Wildman–Crippen MR) is 135 cm³/mol. The van der Waals surface area contributed by atoms with Crippen molar-refractivity contribution in [3.63, 3.8) is 0 Å². The van der Waals surface area contributed by atoms with Crippen LogP contribution in [-0.4, -0.2) is 39.1 Å². The van der Waals surface area contributed by atoms with E-state index in [9.17, 15) is 9.59 Å². The van der Waals surface area contributed by atoms with Gasteiger partial charge in [-0.1, -0.05) is 61.3 Å².